The highest BCUT2D eigenvalue weighted by Gasteiger charge is 2.71. The molecular weight excluding hydrogens is 410 g/mol. The van der Waals surface area contributed by atoms with Crippen LogP contribution in [0.5, 0.6) is 0 Å². The summed E-state index contributed by atoms with van der Waals surface area (Å²) in [6.45, 7) is 0.609. The molecule has 0 radical (unpaired) electrons. The van der Waals surface area contributed by atoms with E-state index in [1.807, 2.05) is 23.5 Å². The molecule has 0 aromatic rings. The minimum atomic E-state index is -3.45. The van der Waals surface area contributed by atoms with Crippen molar-refractivity contribution in [3.05, 3.63) is 0 Å². The molecule has 0 N–H and O–H groups in total. The first-order chi connectivity index (χ1) is 13.2. The van der Waals surface area contributed by atoms with Crippen LogP contribution in [-0.4, -0.2) is 50.4 Å². The molecule has 7 fully saturated rings. The summed E-state index contributed by atoms with van der Waals surface area (Å²) < 4.78 is 44.1. The average Bonchev–Trinajstić information content (AvgIpc) is 3.20. The third-order valence-electron chi connectivity index (χ3n) is 7.46. The molecule has 9 heteroatoms. The molecule has 0 aromatic carbocycles. The number of hydrogen-bond donors (Lipinski definition) is 0. The van der Waals surface area contributed by atoms with Crippen molar-refractivity contribution >= 4 is 35.5 Å². The molecule has 6 atom stereocenters. The van der Waals surface area contributed by atoms with Crippen molar-refractivity contribution < 1.29 is 32.6 Å². The third kappa shape index (κ3) is 2.41. The van der Waals surface area contributed by atoms with Crippen molar-refractivity contribution in [3.63, 3.8) is 0 Å². The first-order valence-corrected chi connectivity index (χ1v) is 11.8. The zero-order valence-corrected chi connectivity index (χ0v) is 17.0. The van der Waals surface area contributed by atoms with Gasteiger partial charge < -0.3 is 14.2 Å². The van der Waals surface area contributed by atoms with Gasteiger partial charge in [-0.1, -0.05) is 0 Å². The first-order valence-electron chi connectivity index (χ1n) is 9.99. The molecule has 6 unspecified atom stereocenters. The Hall–Kier alpha value is -0.540. The highest BCUT2D eigenvalue weighted by molar-refractivity contribution is 8.22. The van der Waals surface area contributed by atoms with Crippen molar-refractivity contribution in [1.82, 2.24) is 0 Å². The lowest BCUT2D eigenvalue weighted by Gasteiger charge is -2.63. The van der Waals surface area contributed by atoms with Gasteiger partial charge in [-0.2, -0.15) is 8.78 Å². The number of carbonyl (C=O) groups is 2. The van der Waals surface area contributed by atoms with Gasteiger partial charge in [-0.25, -0.2) is 4.79 Å². The number of halogens is 2. The summed E-state index contributed by atoms with van der Waals surface area (Å²) in [6, 6.07) is 0. The molecule has 4 saturated carbocycles. The number of hydrogen-bond acceptors (Lipinski definition) is 7. The summed E-state index contributed by atoms with van der Waals surface area (Å²) in [5, 5.41) is 0.137. The van der Waals surface area contributed by atoms with Gasteiger partial charge in [0.05, 0.1) is 15.7 Å². The fraction of sp³-hybridized carbons (Fsp3) is 0.895. The van der Waals surface area contributed by atoms with Gasteiger partial charge in [0.15, 0.2) is 0 Å². The van der Waals surface area contributed by atoms with E-state index < -0.39 is 17.5 Å². The van der Waals surface area contributed by atoms with Gasteiger partial charge in [0.2, 0.25) is 0 Å². The SMILES string of the molecule is CC(F)(F)C(=O)OC12CC3CC(C1)C1(SC4OC5CC(=O)OC5C4S1)C(C3)C2. The second kappa shape index (κ2) is 5.58. The topological polar surface area (TPSA) is 61.8 Å². The summed E-state index contributed by atoms with van der Waals surface area (Å²) >= 11 is 3.75. The van der Waals surface area contributed by atoms with Crippen LogP contribution in [0.4, 0.5) is 8.78 Å². The fourth-order valence-electron chi connectivity index (χ4n) is 6.66. The van der Waals surface area contributed by atoms with Crippen LogP contribution in [0.3, 0.4) is 0 Å². The van der Waals surface area contributed by atoms with Crippen LogP contribution in [0.1, 0.15) is 45.4 Å². The smallest absolute Gasteiger partial charge is 0.377 e. The standard InChI is InChI=1S/C19H22F2O5S2/c1-17(20,21)16(23)26-18-5-8-2-9(6-18)19(10(3-8)7-18)27-14-13-11(4-12(22)25-13)24-15(14)28-19/h8-11,13-15H,2-7H2,1H3. The third-order valence-corrected chi connectivity index (χ3v) is 11.7. The van der Waals surface area contributed by atoms with E-state index in [0.717, 1.165) is 12.8 Å². The van der Waals surface area contributed by atoms with E-state index in [1.165, 1.54) is 0 Å². The lowest BCUT2D eigenvalue weighted by atomic mass is 9.53. The van der Waals surface area contributed by atoms with Gasteiger partial charge in [0.1, 0.15) is 23.2 Å². The number of fused-ring (bicyclic) bond motifs is 3. The van der Waals surface area contributed by atoms with Crippen LogP contribution in [-0.2, 0) is 23.8 Å². The first kappa shape index (κ1) is 18.2. The lowest BCUT2D eigenvalue weighted by molar-refractivity contribution is -0.208. The Kier molecular flexibility index (Phi) is 3.63. The molecule has 28 heavy (non-hydrogen) atoms. The average molecular weight is 433 g/mol. The predicted octanol–water partition coefficient (Wildman–Crippen LogP) is 3.35. The molecule has 4 bridgehead atoms. The number of esters is 2. The zero-order valence-electron chi connectivity index (χ0n) is 15.4. The molecule has 4 aliphatic carbocycles. The zero-order chi connectivity index (χ0) is 19.5. The van der Waals surface area contributed by atoms with Crippen molar-refractivity contribution in [2.75, 3.05) is 0 Å². The maximum atomic E-state index is 13.5. The highest BCUT2D eigenvalue weighted by atomic mass is 32.2. The van der Waals surface area contributed by atoms with Gasteiger partial charge in [0.25, 0.3) is 0 Å². The summed E-state index contributed by atoms with van der Waals surface area (Å²) in [5.41, 5.74) is -0.718. The van der Waals surface area contributed by atoms with Gasteiger partial charge in [-0.05, 0) is 49.9 Å². The molecule has 154 valence electrons. The second-order valence-electron chi connectivity index (χ2n) is 9.43. The number of alkyl halides is 2. The molecule has 3 saturated heterocycles. The maximum Gasteiger partial charge on any atom is 0.377 e. The van der Waals surface area contributed by atoms with Gasteiger partial charge in [-0.15, -0.1) is 23.5 Å². The van der Waals surface area contributed by atoms with Crippen LogP contribution >= 0.6 is 23.5 Å². The number of ether oxygens (including phenoxy) is 3. The Balaban J connectivity index is 1.25. The monoisotopic (exact) mass is 432 g/mol. The summed E-state index contributed by atoms with van der Waals surface area (Å²) in [4.78, 5) is 23.6. The number of rotatable bonds is 2. The quantitative estimate of drug-likeness (QED) is 0.620. The second-order valence-corrected chi connectivity index (χ2v) is 12.5. The summed E-state index contributed by atoms with van der Waals surface area (Å²) in [6.07, 6.45) is 4.14. The predicted molar refractivity (Wildman–Crippen MR) is 97.9 cm³/mol. The van der Waals surface area contributed by atoms with Crippen molar-refractivity contribution in [3.8, 4) is 0 Å². The maximum absolute atomic E-state index is 13.5. The molecule has 5 nitrogen and oxygen atoms in total. The highest BCUT2D eigenvalue weighted by Crippen LogP contribution is 2.74. The number of carbonyl (C=O) groups excluding carboxylic acids is 2. The molecule has 7 aliphatic rings. The largest absolute Gasteiger partial charge is 0.458 e. The van der Waals surface area contributed by atoms with E-state index in [0.29, 0.717) is 50.4 Å². The Labute approximate surface area is 170 Å². The minimum Gasteiger partial charge on any atom is -0.458 e. The van der Waals surface area contributed by atoms with Gasteiger partial charge >= 0.3 is 17.9 Å². The molecule has 3 aliphatic heterocycles. The van der Waals surface area contributed by atoms with Gasteiger partial charge in [0, 0.05) is 6.92 Å². The van der Waals surface area contributed by atoms with Crippen LogP contribution < -0.4 is 0 Å². The van der Waals surface area contributed by atoms with Crippen LogP contribution in [0.15, 0.2) is 0 Å². The molecule has 1 spiro atoms. The molecule has 0 aromatic heterocycles. The number of thioether (sulfide) groups is 2. The molecule has 3 heterocycles. The molecular formula is C19H22F2O5S2. The Morgan fingerprint density at radius 2 is 1.93 bits per heavy atom. The van der Waals surface area contributed by atoms with E-state index in [4.69, 9.17) is 14.2 Å². The van der Waals surface area contributed by atoms with E-state index in [2.05, 4.69) is 0 Å². The van der Waals surface area contributed by atoms with E-state index in [1.54, 1.807) is 0 Å². The Morgan fingerprint density at radius 3 is 2.61 bits per heavy atom. The Bertz CT molecular complexity index is 739. The Morgan fingerprint density at radius 1 is 1.21 bits per heavy atom. The van der Waals surface area contributed by atoms with E-state index >= 15 is 0 Å². The summed E-state index contributed by atoms with van der Waals surface area (Å²) in [7, 11) is 0. The normalized spacial score (nSPS) is 53.4. The van der Waals surface area contributed by atoms with Crippen molar-refractivity contribution in [1.29, 1.82) is 0 Å². The van der Waals surface area contributed by atoms with Crippen LogP contribution in [0.2, 0.25) is 0 Å². The van der Waals surface area contributed by atoms with E-state index in [-0.39, 0.29) is 32.9 Å². The van der Waals surface area contributed by atoms with Crippen molar-refractivity contribution in [2.24, 2.45) is 17.8 Å². The summed E-state index contributed by atoms with van der Waals surface area (Å²) in [5.74, 6) is -3.99. The lowest BCUT2D eigenvalue weighted by Crippen LogP contribution is -2.62. The molecule has 7 rings (SSSR count). The minimum absolute atomic E-state index is 0.0177. The van der Waals surface area contributed by atoms with E-state index in [9.17, 15) is 18.4 Å². The van der Waals surface area contributed by atoms with Gasteiger partial charge in [-0.3, -0.25) is 4.79 Å². The fourth-order valence-corrected chi connectivity index (χ4v) is 11.1. The van der Waals surface area contributed by atoms with Crippen LogP contribution in [0, 0.1) is 17.8 Å². The molecule has 0 amide bonds. The van der Waals surface area contributed by atoms with Crippen LogP contribution in [0.25, 0.3) is 0 Å². The van der Waals surface area contributed by atoms with Crippen molar-refractivity contribution in [2.45, 2.75) is 83.9 Å².